The highest BCUT2D eigenvalue weighted by molar-refractivity contribution is 7.22. The standard InChI is InChI=1S/C25H14FN3O7S/c26-16-8-4-3-7-15(16)20(30)19(22-13-5-1-2-6-14(13)24(33)36-22)21(31)23(32)28-25-27-17-10-9-12(29(34)35)11-18(17)37-25/h1-11,19,22H,(H,27,28,32)/t19-,22+/m0/s1. The quantitative estimate of drug-likeness (QED) is 0.0952. The first-order valence-electron chi connectivity index (χ1n) is 10.7. The van der Waals surface area contributed by atoms with E-state index in [1.807, 2.05) is 0 Å². The molecule has 5 rings (SSSR count). The molecule has 2 heterocycles. The zero-order valence-corrected chi connectivity index (χ0v) is 19.4. The van der Waals surface area contributed by atoms with Crippen molar-refractivity contribution in [1.82, 2.24) is 4.98 Å². The van der Waals surface area contributed by atoms with Gasteiger partial charge in [-0.3, -0.25) is 29.8 Å². The highest BCUT2D eigenvalue weighted by Crippen LogP contribution is 2.38. The average Bonchev–Trinajstić information content (AvgIpc) is 3.44. The Morgan fingerprint density at radius 1 is 1.08 bits per heavy atom. The van der Waals surface area contributed by atoms with Crippen LogP contribution < -0.4 is 5.32 Å². The summed E-state index contributed by atoms with van der Waals surface area (Å²) in [4.78, 5) is 66.7. The topological polar surface area (TPSA) is 146 Å². The molecule has 0 saturated heterocycles. The Morgan fingerprint density at radius 2 is 1.81 bits per heavy atom. The number of hydrogen-bond donors (Lipinski definition) is 1. The molecule has 184 valence electrons. The lowest BCUT2D eigenvalue weighted by molar-refractivity contribution is -0.384. The minimum absolute atomic E-state index is 0.0465. The van der Waals surface area contributed by atoms with Crippen LogP contribution in [-0.4, -0.2) is 33.4 Å². The number of fused-ring (bicyclic) bond motifs is 2. The molecule has 1 amide bonds. The Kier molecular flexibility index (Phi) is 6.01. The number of thiazole rings is 1. The van der Waals surface area contributed by atoms with Gasteiger partial charge in [0, 0.05) is 17.7 Å². The summed E-state index contributed by atoms with van der Waals surface area (Å²) in [7, 11) is 0. The first-order valence-corrected chi connectivity index (χ1v) is 11.5. The van der Waals surface area contributed by atoms with Crippen molar-refractivity contribution in [2.75, 3.05) is 5.32 Å². The van der Waals surface area contributed by atoms with E-state index in [2.05, 4.69) is 10.3 Å². The normalized spacial score (nSPS) is 15.1. The molecule has 2 atom stereocenters. The summed E-state index contributed by atoms with van der Waals surface area (Å²) in [5, 5.41) is 13.3. The van der Waals surface area contributed by atoms with Gasteiger partial charge in [0.05, 0.1) is 26.3 Å². The van der Waals surface area contributed by atoms with Gasteiger partial charge in [-0.05, 0) is 24.3 Å². The number of ether oxygens (including phenoxy) is 1. The molecule has 1 N–H and O–H groups in total. The van der Waals surface area contributed by atoms with Crippen molar-refractivity contribution in [3.05, 3.63) is 99.4 Å². The minimum atomic E-state index is -1.88. The van der Waals surface area contributed by atoms with E-state index < -0.39 is 51.8 Å². The van der Waals surface area contributed by atoms with Gasteiger partial charge in [0.25, 0.3) is 11.6 Å². The van der Waals surface area contributed by atoms with E-state index in [1.54, 1.807) is 12.1 Å². The summed E-state index contributed by atoms with van der Waals surface area (Å²) in [6, 6.07) is 14.9. The van der Waals surface area contributed by atoms with E-state index in [1.165, 1.54) is 48.5 Å². The number of nitrogens with zero attached hydrogens (tertiary/aromatic N) is 2. The fourth-order valence-electron chi connectivity index (χ4n) is 4.02. The summed E-state index contributed by atoms with van der Waals surface area (Å²) in [6.45, 7) is 0. The third-order valence-corrected chi connectivity index (χ3v) is 6.69. The summed E-state index contributed by atoms with van der Waals surface area (Å²) in [5.74, 6) is -7.12. The Labute approximate surface area is 210 Å². The maximum atomic E-state index is 14.5. The average molecular weight is 519 g/mol. The molecule has 1 aromatic heterocycles. The van der Waals surface area contributed by atoms with Crippen LogP contribution in [0.4, 0.5) is 15.2 Å². The molecule has 0 aliphatic carbocycles. The molecule has 0 fully saturated rings. The number of rotatable bonds is 7. The number of non-ortho nitro benzene ring substituents is 1. The van der Waals surface area contributed by atoms with Gasteiger partial charge < -0.3 is 4.74 Å². The monoisotopic (exact) mass is 519 g/mol. The van der Waals surface area contributed by atoms with Crippen LogP contribution in [-0.2, 0) is 14.3 Å². The number of hydrogen-bond acceptors (Lipinski definition) is 9. The minimum Gasteiger partial charge on any atom is -0.453 e. The van der Waals surface area contributed by atoms with E-state index >= 15 is 0 Å². The number of anilines is 1. The second-order valence-corrected chi connectivity index (χ2v) is 9.01. The summed E-state index contributed by atoms with van der Waals surface area (Å²) >= 11 is 0.885. The number of halogens is 1. The number of carbonyl (C=O) groups is 4. The Balaban J connectivity index is 1.49. The molecule has 0 bridgehead atoms. The number of Topliss-reactive ketones (excluding diaryl/α,β-unsaturated/α-hetero) is 2. The van der Waals surface area contributed by atoms with E-state index in [9.17, 15) is 33.7 Å². The predicted molar refractivity (Wildman–Crippen MR) is 129 cm³/mol. The number of amides is 1. The van der Waals surface area contributed by atoms with E-state index in [0.717, 1.165) is 17.4 Å². The van der Waals surface area contributed by atoms with Gasteiger partial charge in [0.15, 0.2) is 10.9 Å². The first kappa shape index (κ1) is 23.9. The van der Waals surface area contributed by atoms with Crippen molar-refractivity contribution in [2.45, 2.75) is 6.10 Å². The van der Waals surface area contributed by atoms with Crippen molar-refractivity contribution < 1.29 is 33.2 Å². The molecular weight excluding hydrogens is 505 g/mol. The third-order valence-electron chi connectivity index (χ3n) is 5.76. The van der Waals surface area contributed by atoms with Gasteiger partial charge in [-0.25, -0.2) is 14.2 Å². The smallest absolute Gasteiger partial charge is 0.339 e. The molecule has 0 saturated carbocycles. The van der Waals surface area contributed by atoms with E-state index in [0.29, 0.717) is 10.2 Å². The van der Waals surface area contributed by atoms with Crippen LogP contribution in [0.25, 0.3) is 10.2 Å². The number of carbonyl (C=O) groups excluding carboxylic acids is 4. The summed E-state index contributed by atoms with van der Waals surface area (Å²) < 4.78 is 20.2. The van der Waals surface area contributed by atoms with Crippen LogP contribution in [0, 0.1) is 21.8 Å². The molecule has 1 aliphatic rings. The molecule has 37 heavy (non-hydrogen) atoms. The van der Waals surface area contributed by atoms with Crippen molar-refractivity contribution in [2.24, 2.45) is 5.92 Å². The molecule has 12 heteroatoms. The van der Waals surface area contributed by atoms with Crippen LogP contribution in [0.5, 0.6) is 0 Å². The van der Waals surface area contributed by atoms with Crippen molar-refractivity contribution in [3.63, 3.8) is 0 Å². The number of nitrogens with one attached hydrogen (secondary N) is 1. The number of aromatic nitrogens is 1. The van der Waals surface area contributed by atoms with Crippen LogP contribution in [0.15, 0.2) is 66.7 Å². The number of esters is 1. The van der Waals surface area contributed by atoms with Crippen LogP contribution in [0.2, 0.25) is 0 Å². The van der Waals surface area contributed by atoms with Crippen molar-refractivity contribution in [3.8, 4) is 0 Å². The van der Waals surface area contributed by atoms with E-state index in [-0.39, 0.29) is 21.9 Å². The van der Waals surface area contributed by atoms with Gasteiger partial charge in [0.1, 0.15) is 17.8 Å². The Morgan fingerprint density at radius 3 is 2.57 bits per heavy atom. The second kappa shape index (κ2) is 9.32. The molecule has 3 aromatic carbocycles. The van der Waals surface area contributed by atoms with Crippen LogP contribution in [0.3, 0.4) is 0 Å². The van der Waals surface area contributed by atoms with Gasteiger partial charge in [0.2, 0.25) is 5.78 Å². The summed E-state index contributed by atoms with van der Waals surface area (Å²) in [6.07, 6.45) is -1.45. The number of benzene rings is 3. The van der Waals surface area contributed by atoms with E-state index in [4.69, 9.17) is 4.74 Å². The fourth-order valence-corrected chi connectivity index (χ4v) is 4.92. The molecule has 4 aromatic rings. The number of nitro groups is 1. The van der Waals surface area contributed by atoms with Gasteiger partial charge in [-0.1, -0.05) is 41.7 Å². The lowest BCUT2D eigenvalue weighted by atomic mass is 9.84. The zero-order valence-electron chi connectivity index (χ0n) is 18.5. The summed E-state index contributed by atoms with van der Waals surface area (Å²) in [5.41, 5.74) is 0.0650. The molecular formula is C25H14FN3O7S. The predicted octanol–water partition coefficient (Wildman–Crippen LogP) is 4.26. The maximum absolute atomic E-state index is 14.5. The SMILES string of the molecule is O=C(Nc1nc2ccc([N+](=O)[O-])cc2s1)C(=O)[C@H](C(=O)c1ccccc1F)[C@@H]1OC(=O)c2ccccc21. The largest absolute Gasteiger partial charge is 0.453 e. The molecule has 0 radical (unpaired) electrons. The van der Waals surface area contributed by atoms with Crippen molar-refractivity contribution >= 4 is 55.8 Å². The maximum Gasteiger partial charge on any atom is 0.339 e. The Bertz CT molecular complexity index is 1630. The number of ketones is 2. The van der Waals surface area contributed by atoms with Gasteiger partial charge >= 0.3 is 5.97 Å². The van der Waals surface area contributed by atoms with Crippen LogP contribution >= 0.6 is 11.3 Å². The first-order chi connectivity index (χ1) is 17.7. The molecule has 0 unspecified atom stereocenters. The highest BCUT2D eigenvalue weighted by atomic mass is 32.1. The highest BCUT2D eigenvalue weighted by Gasteiger charge is 2.46. The lowest BCUT2D eigenvalue weighted by Gasteiger charge is -2.21. The van der Waals surface area contributed by atoms with Gasteiger partial charge in [-0.2, -0.15) is 0 Å². The number of nitro benzene ring substituents is 1. The zero-order chi connectivity index (χ0) is 26.3. The van der Waals surface area contributed by atoms with Crippen LogP contribution in [0.1, 0.15) is 32.4 Å². The molecule has 0 spiro atoms. The van der Waals surface area contributed by atoms with Gasteiger partial charge in [-0.15, -0.1) is 0 Å². The third kappa shape index (κ3) is 4.34. The Hall–Kier alpha value is -4.84. The van der Waals surface area contributed by atoms with Crippen molar-refractivity contribution in [1.29, 1.82) is 0 Å². The molecule has 10 nitrogen and oxygen atoms in total. The fraction of sp³-hybridized carbons (Fsp3) is 0.0800. The lowest BCUT2D eigenvalue weighted by Crippen LogP contribution is -2.38. The number of cyclic esters (lactones) is 1. The second-order valence-electron chi connectivity index (χ2n) is 7.98. The molecule has 1 aliphatic heterocycles.